The maximum absolute atomic E-state index is 13.6. The van der Waals surface area contributed by atoms with Crippen LogP contribution in [-0.2, 0) is 6.42 Å². The minimum absolute atomic E-state index is 0.242. The van der Waals surface area contributed by atoms with E-state index in [4.69, 9.17) is 0 Å². The molecule has 2 N–H and O–H groups in total. The molecule has 2 aromatic carbocycles. The molecule has 0 spiro atoms. The van der Waals surface area contributed by atoms with Crippen LogP contribution < -0.4 is 10.6 Å². The SMILES string of the molecule is Fc1ccccc1CCNc1nncc(Nc2ccccc2F)n1. The number of hydrogen-bond acceptors (Lipinski definition) is 5. The maximum Gasteiger partial charge on any atom is 0.244 e. The van der Waals surface area contributed by atoms with Crippen molar-refractivity contribution >= 4 is 17.5 Å². The molecule has 0 amide bonds. The van der Waals surface area contributed by atoms with E-state index in [1.54, 1.807) is 36.4 Å². The van der Waals surface area contributed by atoms with Gasteiger partial charge < -0.3 is 10.6 Å². The van der Waals surface area contributed by atoms with E-state index in [9.17, 15) is 8.78 Å². The zero-order valence-corrected chi connectivity index (χ0v) is 12.7. The summed E-state index contributed by atoms with van der Waals surface area (Å²) in [6.07, 6.45) is 1.88. The van der Waals surface area contributed by atoms with Crippen LogP contribution in [0, 0.1) is 11.6 Å². The Hall–Kier alpha value is -3.09. The number of benzene rings is 2. The lowest BCUT2D eigenvalue weighted by atomic mass is 10.1. The Labute approximate surface area is 137 Å². The predicted molar refractivity (Wildman–Crippen MR) is 88.1 cm³/mol. The van der Waals surface area contributed by atoms with E-state index in [1.807, 2.05) is 0 Å². The van der Waals surface area contributed by atoms with Gasteiger partial charge in [-0.15, -0.1) is 5.10 Å². The minimum Gasteiger partial charge on any atom is -0.353 e. The van der Waals surface area contributed by atoms with E-state index in [0.717, 1.165) is 0 Å². The molecule has 0 radical (unpaired) electrons. The molecule has 24 heavy (non-hydrogen) atoms. The Bertz CT molecular complexity index is 825. The van der Waals surface area contributed by atoms with Crippen LogP contribution in [0.4, 0.5) is 26.2 Å². The standard InChI is InChI=1S/C17H15F2N5/c18-13-6-2-1-5-12(13)9-10-20-17-23-16(11-21-24-17)22-15-8-4-3-7-14(15)19/h1-8,11H,9-10H2,(H2,20,22,23,24). The molecule has 0 fully saturated rings. The van der Waals surface area contributed by atoms with Crippen LogP contribution in [0.2, 0.25) is 0 Å². The van der Waals surface area contributed by atoms with Crippen LogP contribution in [0.25, 0.3) is 0 Å². The van der Waals surface area contributed by atoms with Crippen LogP contribution in [-0.4, -0.2) is 21.7 Å². The summed E-state index contributed by atoms with van der Waals surface area (Å²) in [6, 6.07) is 12.9. The molecule has 5 nitrogen and oxygen atoms in total. The van der Waals surface area contributed by atoms with Crippen molar-refractivity contribution in [3.05, 3.63) is 71.9 Å². The third kappa shape index (κ3) is 4.01. The smallest absolute Gasteiger partial charge is 0.244 e. The van der Waals surface area contributed by atoms with Crippen molar-refractivity contribution in [2.45, 2.75) is 6.42 Å². The molecule has 0 bridgehead atoms. The first kappa shape index (κ1) is 15.8. The molecule has 7 heteroatoms. The number of rotatable bonds is 6. The number of para-hydroxylation sites is 1. The van der Waals surface area contributed by atoms with Crippen LogP contribution in [0.5, 0.6) is 0 Å². The summed E-state index contributed by atoms with van der Waals surface area (Å²) in [7, 11) is 0. The molecule has 0 saturated heterocycles. The second kappa shape index (κ2) is 7.45. The number of halogens is 2. The summed E-state index contributed by atoms with van der Waals surface area (Å²) in [5.41, 5.74) is 0.911. The lowest BCUT2D eigenvalue weighted by molar-refractivity contribution is 0.610. The minimum atomic E-state index is -0.384. The first-order chi connectivity index (χ1) is 11.7. The molecular weight excluding hydrogens is 312 g/mol. The number of aromatic nitrogens is 3. The van der Waals surface area contributed by atoms with Crippen molar-refractivity contribution in [1.29, 1.82) is 0 Å². The summed E-state index contributed by atoms with van der Waals surface area (Å²) in [4.78, 5) is 4.21. The fraction of sp³-hybridized carbons (Fsp3) is 0.118. The van der Waals surface area contributed by atoms with Crippen LogP contribution >= 0.6 is 0 Å². The van der Waals surface area contributed by atoms with Crippen molar-refractivity contribution in [3.63, 3.8) is 0 Å². The third-order valence-corrected chi connectivity index (χ3v) is 3.33. The Balaban J connectivity index is 1.61. The highest BCUT2D eigenvalue weighted by Crippen LogP contribution is 2.17. The van der Waals surface area contributed by atoms with Crippen molar-refractivity contribution in [1.82, 2.24) is 15.2 Å². The molecule has 0 unspecified atom stereocenters. The zero-order valence-electron chi connectivity index (χ0n) is 12.7. The summed E-state index contributed by atoms with van der Waals surface area (Å²) >= 11 is 0. The van der Waals surface area contributed by atoms with Gasteiger partial charge >= 0.3 is 0 Å². The average molecular weight is 327 g/mol. The Morgan fingerprint density at radius 2 is 1.67 bits per heavy atom. The van der Waals surface area contributed by atoms with E-state index < -0.39 is 0 Å². The Morgan fingerprint density at radius 3 is 2.46 bits per heavy atom. The average Bonchev–Trinajstić information content (AvgIpc) is 2.59. The molecule has 3 aromatic rings. The lowest BCUT2D eigenvalue weighted by Gasteiger charge is -2.08. The van der Waals surface area contributed by atoms with E-state index in [0.29, 0.717) is 30.0 Å². The van der Waals surface area contributed by atoms with Gasteiger partial charge in [0.2, 0.25) is 5.95 Å². The van der Waals surface area contributed by atoms with E-state index in [1.165, 1.54) is 18.3 Å². The van der Waals surface area contributed by atoms with Gasteiger partial charge in [0, 0.05) is 6.54 Å². The summed E-state index contributed by atoms with van der Waals surface area (Å²) in [5.74, 6) is 0.0228. The van der Waals surface area contributed by atoms with Gasteiger partial charge in [0.1, 0.15) is 11.6 Å². The predicted octanol–water partition coefficient (Wildman–Crippen LogP) is 3.55. The van der Waals surface area contributed by atoms with E-state index in [-0.39, 0.29) is 17.6 Å². The number of nitrogens with one attached hydrogen (secondary N) is 2. The first-order valence-electron chi connectivity index (χ1n) is 7.41. The summed E-state index contributed by atoms with van der Waals surface area (Å²) < 4.78 is 27.2. The van der Waals surface area contributed by atoms with Crippen molar-refractivity contribution in [2.24, 2.45) is 0 Å². The maximum atomic E-state index is 13.6. The molecule has 0 aliphatic carbocycles. The van der Waals surface area contributed by atoms with Crippen molar-refractivity contribution in [3.8, 4) is 0 Å². The number of hydrogen-bond donors (Lipinski definition) is 2. The number of nitrogens with zero attached hydrogens (tertiary/aromatic N) is 3. The normalized spacial score (nSPS) is 10.4. The highest BCUT2D eigenvalue weighted by molar-refractivity contribution is 5.56. The molecule has 0 aliphatic rings. The van der Waals surface area contributed by atoms with Gasteiger partial charge in [-0.2, -0.15) is 10.1 Å². The summed E-state index contributed by atoms with van der Waals surface area (Å²) in [5, 5.41) is 13.5. The number of anilines is 3. The molecule has 0 atom stereocenters. The molecule has 0 saturated carbocycles. The van der Waals surface area contributed by atoms with Gasteiger partial charge in [-0.3, -0.25) is 0 Å². The zero-order chi connectivity index (χ0) is 16.8. The second-order valence-electron chi connectivity index (χ2n) is 5.04. The Kier molecular flexibility index (Phi) is 4.90. The second-order valence-corrected chi connectivity index (χ2v) is 5.04. The van der Waals surface area contributed by atoms with Crippen LogP contribution in [0.3, 0.4) is 0 Å². The molecular formula is C17H15F2N5. The van der Waals surface area contributed by atoms with E-state index in [2.05, 4.69) is 25.8 Å². The van der Waals surface area contributed by atoms with Gasteiger partial charge in [0.25, 0.3) is 0 Å². The quantitative estimate of drug-likeness (QED) is 0.725. The van der Waals surface area contributed by atoms with E-state index >= 15 is 0 Å². The van der Waals surface area contributed by atoms with Crippen molar-refractivity contribution < 1.29 is 8.78 Å². The Morgan fingerprint density at radius 1 is 0.917 bits per heavy atom. The largest absolute Gasteiger partial charge is 0.353 e. The van der Waals surface area contributed by atoms with Crippen LogP contribution in [0.1, 0.15) is 5.56 Å². The van der Waals surface area contributed by atoms with Gasteiger partial charge in [-0.1, -0.05) is 30.3 Å². The van der Waals surface area contributed by atoms with Gasteiger partial charge in [0.05, 0.1) is 11.9 Å². The molecule has 122 valence electrons. The van der Waals surface area contributed by atoms with Crippen LogP contribution in [0.15, 0.2) is 54.7 Å². The van der Waals surface area contributed by atoms with Crippen molar-refractivity contribution in [2.75, 3.05) is 17.2 Å². The highest BCUT2D eigenvalue weighted by atomic mass is 19.1. The monoisotopic (exact) mass is 327 g/mol. The molecule has 3 rings (SSSR count). The molecule has 1 aromatic heterocycles. The first-order valence-corrected chi connectivity index (χ1v) is 7.41. The van der Waals surface area contributed by atoms with Gasteiger partial charge in [0.15, 0.2) is 5.82 Å². The fourth-order valence-corrected chi connectivity index (χ4v) is 2.15. The summed E-state index contributed by atoms with van der Waals surface area (Å²) in [6.45, 7) is 0.450. The third-order valence-electron chi connectivity index (χ3n) is 3.33. The van der Waals surface area contributed by atoms with Gasteiger partial charge in [-0.25, -0.2) is 8.78 Å². The lowest BCUT2D eigenvalue weighted by Crippen LogP contribution is -2.10. The highest BCUT2D eigenvalue weighted by Gasteiger charge is 2.05. The van der Waals surface area contributed by atoms with Gasteiger partial charge in [-0.05, 0) is 30.2 Å². The molecule has 1 heterocycles. The topological polar surface area (TPSA) is 62.7 Å². The fourth-order valence-electron chi connectivity index (χ4n) is 2.15. The molecule has 0 aliphatic heterocycles.